The van der Waals surface area contributed by atoms with Crippen LogP contribution in [0, 0.1) is 0 Å². The molecule has 0 saturated carbocycles. The van der Waals surface area contributed by atoms with E-state index in [0.717, 1.165) is 49.7 Å². The van der Waals surface area contributed by atoms with Gasteiger partial charge in [-0.15, -0.1) is 0 Å². The SMILES string of the molecule is CCc1ccc(O[Si](=O)Oc2ccc(CC)c(CC)c2CC)c(CC)c1CC. The van der Waals surface area contributed by atoms with Crippen LogP contribution < -0.4 is 8.85 Å². The van der Waals surface area contributed by atoms with Crippen molar-refractivity contribution in [1.29, 1.82) is 0 Å². The summed E-state index contributed by atoms with van der Waals surface area (Å²) < 4.78 is 24.4. The van der Waals surface area contributed by atoms with Crippen molar-refractivity contribution >= 4 is 9.17 Å². The fourth-order valence-electron chi connectivity index (χ4n) is 4.15. The second kappa shape index (κ2) is 10.6. The molecule has 4 heteroatoms. The number of aryl methyl sites for hydroxylation is 2. The van der Waals surface area contributed by atoms with E-state index in [4.69, 9.17) is 8.85 Å². The maximum absolute atomic E-state index is 12.8. The molecule has 0 aliphatic heterocycles. The second-order valence-electron chi connectivity index (χ2n) is 6.94. The molecule has 3 nitrogen and oxygen atoms in total. The number of hydrogen-bond acceptors (Lipinski definition) is 3. The fourth-order valence-corrected chi connectivity index (χ4v) is 4.93. The Morgan fingerprint density at radius 1 is 0.571 bits per heavy atom. The molecule has 0 N–H and O–H groups in total. The molecule has 0 fully saturated rings. The Labute approximate surface area is 172 Å². The third-order valence-corrected chi connectivity index (χ3v) is 6.31. The molecule has 152 valence electrons. The third-order valence-electron chi connectivity index (χ3n) is 5.53. The number of rotatable bonds is 10. The van der Waals surface area contributed by atoms with Gasteiger partial charge in [-0.1, -0.05) is 53.7 Å². The van der Waals surface area contributed by atoms with Crippen LogP contribution in [0.4, 0.5) is 0 Å². The van der Waals surface area contributed by atoms with Crippen molar-refractivity contribution < 1.29 is 13.3 Å². The fraction of sp³-hybridized carbons (Fsp3) is 0.500. The van der Waals surface area contributed by atoms with Gasteiger partial charge in [0.2, 0.25) is 0 Å². The number of hydrogen-bond donors (Lipinski definition) is 0. The Balaban J connectivity index is 2.30. The van der Waals surface area contributed by atoms with E-state index < -0.39 is 9.17 Å². The van der Waals surface area contributed by atoms with Gasteiger partial charge >= 0.3 is 9.17 Å². The van der Waals surface area contributed by atoms with Gasteiger partial charge in [-0.3, -0.25) is 4.46 Å². The van der Waals surface area contributed by atoms with Crippen molar-refractivity contribution in [3.05, 3.63) is 57.6 Å². The maximum atomic E-state index is 12.8. The van der Waals surface area contributed by atoms with E-state index in [0.29, 0.717) is 11.5 Å². The van der Waals surface area contributed by atoms with Gasteiger partial charge in [0.05, 0.1) is 0 Å². The first-order chi connectivity index (χ1) is 13.5. The summed E-state index contributed by atoms with van der Waals surface area (Å²) in [5, 5.41) is 0. The summed E-state index contributed by atoms with van der Waals surface area (Å²) in [5.41, 5.74) is 7.59. The molecular weight excluding hydrogens is 364 g/mol. The summed E-state index contributed by atoms with van der Waals surface area (Å²) in [6, 6.07) is 8.07. The van der Waals surface area contributed by atoms with E-state index in [2.05, 4.69) is 53.7 Å². The van der Waals surface area contributed by atoms with E-state index in [-0.39, 0.29) is 0 Å². The smallest absolute Gasteiger partial charge is 0.459 e. The van der Waals surface area contributed by atoms with Crippen LogP contribution in [-0.4, -0.2) is 9.17 Å². The van der Waals surface area contributed by atoms with Crippen molar-refractivity contribution in [2.24, 2.45) is 0 Å². The van der Waals surface area contributed by atoms with Gasteiger partial charge in [0.1, 0.15) is 11.5 Å². The average molecular weight is 399 g/mol. The molecule has 0 spiro atoms. The Morgan fingerprint density at radius 2 is 0.929 bits per heavy atom. The van der Waals surface area contributed by atoms with Gasteiger partial charge in [0.15, 0.2) is 0 Å². The van der Waals surface area contributed by atoms with Gasteiger partial charge in [-0.2, -0.15) is 0 Å². The predicted octanol–water partition coefficient (Wildman–Crippen LogP) is 5.93. The van der Waals surface area contributed by atoms with E-state index >= 15 is 0 Å². The molecule has 0 saturated heterocycles. The molecule has 0 atom stereocenters. The van der Waals surface area contributed by atoms with Crippen LogP contribution in [-0.2, 0) is 43.0 Å². The largest absolute Gasteiger partial charge is 0.778 e. The van der Waals surface area contributed by atoms with Crippen LogP contribution in [0.25, 0.3) is 0 Å². The lowest BCUT2D eigenvalue weighted by atomic mass is 9.95. The van der Waals surface area contributed by atoms with Crippen molar-refractivity contribution in [3.63, 3.8) is 0 Å². The quantitative estimate of drug-likeness (QED) is 0.465. The molecule has 2 aromatic rings. The molecule has 0 heterocycles. The minimum absolute atomic E-state index is 0.694. The minimum Gasteiger partial charge on any atom is -0.459 e. The molecule has 28 heavy (non-hydrogen) atoms. The van der Waals surface area contributed by atoms with Gasteiger partial charge in [-0.25, -0.2) is 0 Å². The molecule has 0 bridgehead atoms. The Hall–Kier alpha value is -1.94. The molecule has 0 unspecified atom stereocenters. The Kier molecular flexibility index (Phi) is 8.43. The summed E-state index contributed by atoms with van der Waals surface area (Å²) in [6.07, 6.45) is 5.59. The van der Waals surface area contributed by atoms with Crippen molar-refractivity contribution in [1.82, 2.24) is 0 Å². The van der Waals surface area contributed by atoms with Crippen LogP contribution in [0.15, 0.2) is 24.3 Å². The first-order valence-electron chi connectivity index (χ1n) is 10.7. The van der Waals surface area contributed by atoms with Crippen molar-refractivity contribution in [3.8, 4) is 11.5 Å². The Morgan fingerprint density at radius 3 is 1.21 bits per heavy atom. The standard InChI is InChI=1S/C24H34O3Si/c1-7-17-13-15-23(21(11-5)19(17)9-3)26-28(25)27-24-16-14-18(8-2)20(10-4)22(24)12-6/h13-16H,7-12H2,1-6H3. The first kappa shape index (κ1) is 22.3. The summed E-state index contributed by atoms with van der Waals surface area (Å²) in [7, 11) is -2.70. The summed E-state index contributed by atoms with van der Waals surface area (Å²) in [5.74, 6) is 1.39. The minimum atomic E-state index is -2.70. The molecular formula is C24H34O3Si. The van der Waals surface area contributed by atoms with Crippen LogP contribution in [0.3, 0.4) is 0 Å². The van der Waals surface area contributed by atoms with E-state index in [1.54, 1.807) is 0 Å². The van der Waals surface area contributed by atoms with E-state index in [1.165, 1.54) is 22.3 Å². The van der Waals surface area contributed by atoms with Gasteiger partial charge < -0.3 is 8.85 Å². The monoisotopic (exact) mass is 398 g/mol. The summed E-state index contributed by atoms with van der Waals surface area (Å²) in [6.45, 7) is 12.9. The van der Waals surface area contributed by atoms with Crippen LogP contribution >= 0.6 is 0 Å². The zero-order chi connectivity index (χ0) is 20.7. The molecule has 0 amide bonds. The van der Waals surface area contributed by atoms with Gasteiger partial charge in [-0.05, 0) is 84.0 Å². The molecule has 0 aliphatic rings. The Bertz CT molecular complexity index is 760. The molecule has 0 aromatic heterocycles. The summed E-state index contributed by atoms with van der Waals surface area (Å²) >= 11 is 0. The highest BCUT2D eigenvalue weighted by Gasteiger charge is 2.21. The highest BCUT2D eigenvalue weighted by atomic mass is 28.3. The lowest BCUT2D eigenvalue weighted by molar-refractivity contribution is 0.343. The zero-order valence-corrected chi connectivity index (χ0v) is 19.3. The topological polar surface area (TPSA) is 35.5 Å². The third kappa shape index (κ3) is 4.72. The van der Waals surface area contributed by atoms with Crippen LogP contribution in [0.2, 0.25) is 0 Å². The highest BCUT2D eigenvalue weighted by molar-refractivity contribution is 6.28. The predicted molar refractivity (Wildman–Crippen MR) is 117 cm³/mol. The van der Waals surface area contributed by atoms with E-state index in [1.807, 2.05) is 12.1 Å². The molecule has 0 aliphatic carbocycles. The van der Waals surface area contributed by atoms with Crippen molar-refractivity contribution in [2.45, 2.75) is 80.1 Å². The van der Waals surface area contributed by atoms with Gasteiger partial charge in [0, 0.05) is 0 Å². The van der Waals surface area contributed by atoms with Crippen LogP contribution in [0.5, 0.6) is 11.5 Å². The maximum Gasteiger partial charge on any atom is 0.778 e. The second-order valence-corrected chi connectivity index (χ2v) is 7.84. The highest BCUT2D eigenvalue weighted by Crippen LogP contribution is 2.30. The van der Waals surface area contributed by atoms with Gasteiger partial charge in [0.25, 0.3) is 0 Å². The first-order valence-corrected chi connectivity index (χ1v) is 11.9. The normalized spacial score (nSPS) is 10.8. The molecule has 0 radical (unpaired) electrons. The lowest BCUT2D eigenvalue weighted by Gasteiger charge is -2.18. The number of benzene rings is 2. The zero-order valence-electron chi connectivity index (χ0n) is 18.3. The average Bonchev–Trinajstić information content (AvgIpc) is 2.72. The van der Waals surface area contributed by atoms with Crippen LogP contribution in [0.1, 0.15) is 74.9 Å². The molecule has 2 rings (SSSR count). The lowest BCUT2D eigenvalue weighted by Crippen LogP contribution is -2.21. The molecule has 2 aromatic carbocycles. The van der Waals surface area contributed by atoms with Crippen molar-refractivity contribution in [2.75, 3.05) is 0 Å². The summed E-state index contributed by atoms with van der Waals surface area (Å²) in [4.78, 5) is 0. The van der Waals surface area contributed by atoms with E-state index in [9.17, 15) is 4.46 Å².